The van der Waals surface area contributed by atoms with Gasteiger partial charge in [0.25, 0.3) is 0 Å². The second-order valence-corrected chi connectivity index (χ2v) is 6.47. The van der Waals surface area contributed by atoms with E-state index in [0.717, 1.165) is 25.1 Å². The van der Waals surface area contributed by atoms with E-state index in [0.29, 0.717) is 19.7 Å². The summed E-state index contributed by atoms with van der Waals surface area (Å²) in [6.45, 7) is 2.64. The number of benzene rings is 1. The van der Waals surface area contributed by atoms with Crippen LogP contribution in [-0.4, -0.2) is 45.4 Å². The number of amides is 1. The Morgan fingerprint density at radius 2 is 2.17 bits per heavy atom. The van der Waals surface area contributed by atoms with Crippen molar-refractivity contribution in [1.82, 2.24) is 10.6 Å². The molecule has 0 bridgehead atoms. The third-order valence-corrected chi connectivity index (χ3v) is 5.06. The largest absolute Gasteiger partial charge is 0.496 e. The van der Waals surface area contributed by atoms with Gasteiger partial charge in [-0.3, -0.25) is 4.79 Å². The summed E-state index contributed by atoms with van der Waals surface area (Å²) in [4.78, 5) is 12.4. The molecule has 0 spiro atoms. The number of ether oxygens (including phenoxy) is 2. The Kier molecular flexibility index (Phi) is 5.18. The van der Waals surface area contributed by atoms with E-state index in [1.165, 1.54) is 18.4 Å². The second-order valence-electron chi connectivity index (χ2n) is 6.47. The number of morpholine rings is 1. The molecule has 0 radical (unpaired) electrons. The summed E-state index contributed by atoms with van der Waals surface area (Å²) in [6, 6.07) is 8.18. The summed E-state index contributed by atoms with van der Waals surface area (Å²) in [5.74, 6) is 0.901. The number of methoxy groups -OCH3 is 1. The third-order valence-electron chi connectivity index (χ3n) is 5.06. The minimum Gasteiger partial charge on any atom is -0.496 e. The average molecular weight is 318 g/mol. The Balaban J connectivity index is 1.72. The van der Waals surface area contributed by atoms with Crippen molar-refractivity contribution < 1.29 is 14.3 Å². The molecule has 1 heterocycles. The zero-order chi connectivity index (χ0) is 16.1. The summed E-state index contributed by atoms with van der Waals surface area (Å²) < 4.78 is 11.1. The monoisotopic (exact) mass is 318 g/mol. The average Bonchev–Trinajstić information content (AvgIpc) is 3.10. The fourth-order valence-electron chi connectivity index (χ4n) is 3.78. The summed E-state index contributed by atoms with van der Waals surface area (Å²) in [5, 5.41) is 6.32. The number of carbonyl (C=O) groups is 1. The van der Waals surface area contributed by atoms with Gasteiger partial charge in [-0.15, -0.1) is 0 Å². The van der Waals surface area contributed by atoms with Gasteiger partial charge in [-0.25, -0.2) is 0 Å². The predicted molar refractivity (Wildman–Crippen MR) is 88.8 cm³/mol. The number of carbonyl (C=O) groups excluding carboxylic acids is 1. The van der Waals surface area contributed by atoms with Crippen molar-refractivity contribution in [3.63, 3.8) is 0 Å². The maximum absolute atomic E-state index is 12.4. The lowest BCUT2D eigenvalue weighted by molar-refractivity contribution is -0.134. The molecule has 1 saturated heterocycles. The van der Waals surface area contributed by atoms with Gasteiger partial charge in [-0.05, 0) is 18.9 Å². The number of rotatable bonds is 5. The third kappa shape index (κ3) is 3.51. The van der Waals surface area contributed by atoms with Gasteiger partial charge in [-0.2, -0.15) is 0 Å². The van der Waals surface area contributed by atoms with Crippen molar-refractivity contribution in [2.24, 2.45) is 0 Å². The zero-order valence-corrected chi connectivity index (χ0v) is 13.8. The van der Waals surface area contributed by atoms with E-state index in [4.69, 9.17) is 9.47 Å². The molecule has 23 heavy (non-hydrogen) atoms. The van der Waals surface area contributed by atoms with Crippen LogP contribution in [0.1, 0.15) is 31.2 Å². The van der Waals surface area contributed by atoms with Crippen molar-refractivity contribution in [1.29, 1.82) is 0 Å². The standard InChI is InChI=1S/C18H26N2O3/c1-22-15-7-3-2-6-14(15)18(8-4-5-9-18)13-20-17(21)16-12-19-10-11-23-16/h2-3,6-7,16,19H,4-5,8-13H2,1H3,(H,20,21). The van der Waals surface area contributed by atoms with Crippen LogP contribution in [0.4, 0.5) is 0 Å². The Morgan fingerprint density at radius 1 is 1.39 bits per heavy atom. The van der Waals surface area contributed by atoms with E-state index in [1.807, 2.05) is 18.2 Å². The topological polar surface area (TPSA) is 59.6 Å². The molecule has 1 amide bonds. The van der Waals surface area contributed by atoms with E-state index < -0.39 is 0 Å². The lowest BCUT2D eigenvalue weighted by Crippen LogP contribution is -2.50. The molecule has 0 aromatic heterocycles. The molecule has 3 rings (SSSR count). The fraction of sp³-hybridized carbons (Fsp3) is 0.611. The molecule has 2 N–H and O–H groups in total. The van der Waals surface area contributed by atoms with Gasteiger partial charge in [0, 0.05) is 30.6 Å². The predicted octanol–water partition coefficient (Wildman–Crippen LogP) is 1.61. The van der Waals surface area contributed by atoms with Crippen LogP contribution in [0, 0.1) is 0 Å². The lowest BCUT2D eigenvalue weighted by atomic mass is 9.78. The molecular weight excluding hydrogens is 292 g/mol. The molecule has 1 aliphatic heterocycles. The van der Waals surface area contributed by atoms with Gasteiger partial charge in [0.2, 0.25) is 5.91 Å². The van der Waals surface area contributed by atoms with Crippen molar-refractivity contribution in [2.45, 2.75) is 37.2 Å². The lowest BCUT2D eigenvalue weighted by Gasteiger charge is -2.32. The van der Waals surface area contributed by atoms with Crippen LogP contribution in [0.3, 0.4) is 0 Å². The Labute approximate surface area is 137 Å². The van der Waals surface area contributed by atoms with Gasteiger partial charge in [0.15, 0.2) is 0 Å². The quantitative estimate of drug-likeness (QED) is 0.866. The Morgan fingerprint density at radius 3 is 2.87 bits per heavy atom. The van der Waals surface area contributed by atoms with Crippen molar-refractivity contribution in [3.05, 3.63) is 29.8 Å². The van der Waals surface area contributed by atoms with Crippen LogP contribution in [0.2, 0.25) is 0 Å². The van der Waals surface area contributed by atoms with Gasteiger partial charge in [0.05, 0.1) is 13.7 Å². The fourth-order valence-corrected chi connectivity index (χ4v) is 3.78. The smallest absolute Gasteiger partial charge is 0.250 e. The molecule has 1 aliphatic carbocycles. The second kappa shape index (κ2) is 7.32. The van der Waals surface area contributed by atoms with Crippen LogP contribution in [0.15, 0.2) is 24.3 Å². The van der Waals surface area contributed by atoms with Crippen LogP contribution in [0.5, 0.6) is 5.75 Å². The van der Waals surface area contributed by atoms with Crippen molar-refractivity contribution in [2.75, 3.05) is 33.4 Å². The maximum Gasteiger partial charge on any atom is 0.250 e. The van der Waals surface area contributed by atoms with Crippen molar-refractivity contribution in [3.8, 4) is 5.75 Å². The molecule has 1 aromatic rings. The highest BCUT2D eigenvalue weighted by Gasteiger charge is 2.38. The minimum absolute atomic E-state index is 0.0154. The SMILES string of the molecule is COc1ccccc1C1(CNC(=O)C2CNCCO2)CCCC1. The molecule has 1 saturated carbocycles. The molecular formula is C18H26N2O3. The highest BCUT2D eigenvalue weighted by Crippen LogP contribution is 2.44. The summed E-state index contributed by atoms with van der Waals surface area (Å²) in [6.07, 6.45) is 4.17. The maximum atomic E-state index is 12.4. The molecule has 1 unspecified atom stereocenters. The first-order valence-electron chi connectivity index (χ1n) is 8.49. The van der Waals surface area contributed by atoms with Crippen LogP contribution in [0.25, 0.3) is 0 Å². The highest BCUT2D eigenvalue weighted by atomic mass is 16.5. The van der Waals surface area contributed by atoms with E-state index in [9.17, 15) is 4.79 Å². The summed E-state index contributed by atoms with van der Waals surface area (Å²) >= 11 is 0. The molecule has 2 aliphatic rings. The van der Waals surface area contributed by atoms with Crippen LogP contribution >= 0.6 is 0 Å². The minimum atomic E-state index is -0.375. The van der Waals surface area contributed by atoms with E-state index >= 15 is 0 Å². The van der Waals surface area contributed by atoms with Crippen molar-refractivity contribution >= 4 is 5.91 Å². The molecule has 1 atom stereocenters. The number of hydrogen-bond donors (Lipinski definition) is 2. The number of para-hydroxylation sites is 1. The number of hydrogen-bond acceptors (Lipinski definition) is 4. The molecule has 1 aromatic carbocycles. The highest BCUT2D eigenvalue weighted by molar-refractivity contribution is 5.81. The molecule has 5 heteroatoms. The van der Waals surface area contributed by atoms with Gasteiger partial charge < -0.3 is 20.1 Å². The summed E-state index contributed by atoms with van der Waals surface area (Å²) in [5.41, 5.74) is 1.19. The normalized spacial score (nSPS) is 23.4. The first-order valence-corrected chi connectivity index (χ1v) is 8.49. The first-order chi connectivity index (χ1) is 11.2. The van der Waals surface area contributed by atoms with Gasteiger partial charge >= 0.3 is 0 Å². The van der Waals surface area contributed by atoms with E-state index in [2.05, 4.69) is 16.7 Å². The van der Waals surface area contributed by atoms with Crippen LogP contribution < -0.4 is 15.4 Å². The van der Waals surface area contributed by atoms with Gasteiger partial charge in [-0.1, -0.05) is 31.0 Å². The molecule has 5 nitrogen and oxygen atoms in total. The number of nitrogens with one attached hydrogen (secondary N) is 2. The van der Waals surface area contributed by atoms with Gasteiger partial charge in [0.1, 0.15) is 11.9 Å². The zero-order valence-electron chi connectivity index (χ0n) is 13.8. The molecule has 2 fully saturated rings. The summed E-state index contributed by atoms with van der Waals surface area (Å²) in [7, 11) is 1.71. The Hall–Kier alpha value is -1.59. The first kappa shape index (κ1) is 16.3. The van der Waals surface area contributed by atoms with Crippen LogP contribution in [-0.2, 0) is 14.9 Å². The van der Waals surface area contributed by atoms with E-state index in [-0.39, 0.29) is 17.4 Å². The molecule has 126 valence electrons. The van der Waals surface area contributed by atoms with E-state index in [1.54, 1.807) is 7.11 Å². The Bertz CT molecular complexity index is 535.